The van der Waals surface area contributed by atoms with Gasteiger partial charge in [-0.2, -0.15) is 9.49 Å². The molecule has 0 bridgehead atoms. The normalized spacial score (nSPS) is 16.6. The number of pyridine rings is 1. The Morgan fingerprint density at radius 3 is 3.00 bits per heavy atom. The number of fused-ring (bicyclic) bond motifs is 1. The minimum absolute atomic E-state index is 0.0405. The van der Waals surface area contributed by atoms with Crippen LogP contribution in [0.2, 0.25) is 0 Å². The minimum Gasteiger partial charge on any atom is -0.474 e. The van der Waals surface area contributed by atoms with Crippen molar-refractivity contribution in [3.8, 4) is 17.1 Å². The second kappa shape index (κ2) is 5.98. The number of hydrogen-bond donors (Lipinski definition) is 0. The Morgan fingerprint density at radius 2 is 2.30 bits per heavy atom. The van der Waals surface area contributed by atoms with Crippen molar-refractivity contribution in [2.45, 2.75) is 39.8 Å². The fourth-order valence-corrected chi connectivity index (χ4v) is 2.55. The van der Waals surface area contributed by atoms with Crippen molar-refractivity contribution in [3.63, 3.8) is 0 Å². The molecule has 23 heavy (non-hydrogen) atoms. The zero-order valence-electron chi connectivity index (χ0n) is 13.3. The summed E-state index contributed by atoms with van der Waals surface area (Å²) in [5, 5.41) is 4.36. The van der Waals surface area contributed by atoms with Gasteiger partial charge in [0.05, 0.1) is 18.3 Å². The van der Waals surface area contributed by atoms with Crippen LogP contribution >= 0.6 is 0 Å². The summed E-state index contributed by atoms with van der Waals surface area (Å²) in [6.45, 7) is 6.14. The van der Waals surface area contributed by atoms with E-state index in [0.29, 0.717) is 18.1 Å². The highest BCUT2D eigenvalue weighted by atomic mass is 19.1. The molecule has 0 unspecified atom stereocenters. The third-order valence-electron chi connectivity index (χ3n) is 3.69. The van der Waals surface area contributed by atoms with Crippen LogP contribution in [0.4, 0.5) is 4.39 Å². The molecule has 0 aliphatic carbocycles. The smallest absolute Gasteiger partial charge is 0.345 e. The van der Waals surface area contributed by atoms with Crippen LogP contribution in [0.15, 0.2) is 12.1 Å². The van der Waals surface area contributed by atoms with Crippen LogP contribution in [0.5, 0.6) is 5.88 Å². The molecule has 7 heteroatoms. The maximum atomic E-state index is 14.3. The number of carbonyl (C=O) groups excluding carboxylic acids is 1. The summed E-state index contributed by atoms with van der Waals surface area (Å²) in [6, 6.07) is 3.24. The average Bonchev–Trinajstić information content (AvgIpc) is 2.85. The molecule has 1 aliphatic heterocycles. The molecular formula is C16H18FN3O3. The monoisotopic (exact) mass is 319 g/mol. The van der Waals surface area contributed by atoms with Gasteiger partial charge in [-0.15, -0.1) is 0 Å². The van der Waals surface area contributed by atoms with Crippen LogP contribution in [0.1, 0.15) is 36.3 Å². The number of aromatic nitrogens is 3. The lowest BCUT2D eigenvalue weighted by atomic mass is 10.1. The topological polar surface area (TPSA) is 66.2 Å². The van der Waals surface area contributed by atoms with Gasteiger partial charge < -0.3 is 9.47 Å². The largest absolute Gasteiger partial charge is 0.474 e. The summed E-state index contributed by atoms with van der Waals surface area (Å²) in [5.41, 5.74) is 1.08. The maximum absolute atomic E-state index is 14.3. The SMILES string of the molecule is CCOC(=O)c1c(-c2ccc(C)nc2F)nn2c1O[C@H](C)CC2. The van der Waals surface area contributed by atoms with Crippen LogP contribution in [0.3, 0.4) is 0 Å². The van der Waals surface area contributed by atoms with Crippen LogP contribution in [-0.4, -0.2) is 33.4 Å². The molecule has 0 N–H and O–H groups in total. The number of halogens is 1. The van der Waals surface area contributed by atoms with Gasteiger partial charge in [0, 0.05) is 18.7 Å². The Labute approximate surface area is 133 Å². The van der Waals surface area contributed by atoms with Crippen molar-refractivity contribution in [2.75, 3.05) is 6.61 Å². The highest BCUT2D eigenvalue weighted by molar-refractivity contribution is 5.98. The number of ether oxygens (including phenoxy) is 2. The number of aryl methyl sites for hydroxylation is 2. The molecule has 0 spiro atoms. The molecule has 3 heterocycles. The molecule has 1 aliphatic rings. The Bertz CT molecular complexity index is 757. The molecule has 0 fully saturated rings. The molecular weight excluding hydrogens is 301 g/mol. The zero-order chi connectivity index (χ0) is 16.6. The number of carbonyl (C=O) groups is 1. The van der Waals surface area contributed by atoms with Gasteiger partial charge >= 0.3 is 5.97 Å². The Hall–Kier alpha value is -2.44. The highest BCUT2D eigenvalue weighted by Crippen LogP contribution is 2.35. The molecule has 122 valence electrons. The number of esters is 1. The van der Waals surface area contributed by atoms with Crippen molar-refractivity contribution in [1.29, 1.82) is 0 Å². The summed E-state index contributed by atoms with van der Waals surface area (Å²) < 4.78 is 26.7. The highest BCUT2D eigenvalue weighted by Gasteiger charge is 2.32. The van der Waals surface area contributed by atoms with Crippen molar-refractivity contribution in [3.05, 3.63) is 29.3 Å². The predicted octanol–water partition coefficient (Wildman–Crippen LogP) is 2.74. The fraction of sp³-hybridized carbons (Fsp3) is 0.438. The van der Waals surface area contributed by atoms with Gasteiger partial charge in [-0.05, 0) is 32.9 Å². The van der Waals surface area contributed by atoms with Gasteiger partial charge in [0.2, 0.25) is 11.8 Å². The predicted molar refractivity (Wildman–Crippen MR) is 80.8 cm³/mol. The second-order valence-corrected chi connectivity index (χ2v) is 5.48. The number of hydrogen-bond acceptors (Lipinski definition) is 5. The van der Waals surface area contributed by atoms with E-state index in [1.807, 2.05) is 6.92 Å². The molecule has 0 saturated heterocycles. The van der Waals surface area contributed by atoms with Crippen molar-refractivity contribution < 1.29 is 18.7 Å². The molecule has 0 amide bonds. The minimum atomic E-state index is -0.668. The molecule has 2 aromatic heterocycles. The van der Waals surface area contributed by atoms with Crippen LogP contribution in [0, 0.1) is 12.9 Å². The van der Waals surface area contributed by atoms with E-state index in [-0.39, 0.29) is 29.5 Å². The first-order valence-electron chi connectivity index (χ1n) is 7.59. The van der Waals surface area contributed by atoms with E-state index in [1.54, 1.807) is 30.7 Å². The zero-order valence-corrected chi connectivity index (χ0v) is 13.3. The van der Waals surface area contributed by atoms with Crippen LogP contribution in [0.25, 0.3) is 11.3 Å². The van der Waals surface area contributed by atoms with E-state index in [9.17, 15) is 9.18 Å². The molecule has 0 saturated carbocycles. The van der Waals surface area contributed by atoms with E-state index >= 15 is 0 Å². The molecule has 3 rings (SSSR count). The Balaban J connectivity index is 2.18. The third-order valence-corrected chi connectivity index (χ3v) is 3.69. The van der Waals surface area contributed by atoms with E-state index in [0.717, 1.165) is 6.42 Å². The standard InChI is InChI=1S/C16H18FN3O3/c1-4-22-16(21)12-13(11-6-5-9(2)18-14(11)17)19-20-8-7-10(3)23-15(12)20/h5-6,10H,4,7-8H2,1-3H3/t10-/m1/s1. The van der Waals surface area contributed by atoms with E-state index < -0.39 is 11.9 Å². The summed E-state index contributed by atoms with van der Waals surface area (Å²) in [4.78, 5) is 16.2. The van der Waals surface area contributed by atoms with Gasteiger partial charge in [0.25, 0.3) is 0 Å². The summed E-state index contributed by atoms with van der Waals surface area (Å²) in [6.07, 6.45) is 0.728. The van der Waals surface area contributed by atoms with Crippen LogP contribution in [-0.2, 0) is 11.3 Å². The summed E-state index contributed by atoms with van der Waals surface area (Å²) in [5.74, 6) is -0.908. The lowest BCUT2D eigenvalue weighted by molar-refractivity contribution is 0.0515. The van der Waals surface area contributed by atoms with E-state index in [1.165, 1.54) is 0 Å². The Kier molecular flexibility index (Phi) is 4.02. The third kappa shape index (κ3) is 2.78. The lowest BCUT2D eigenvalue weighted by Gasteiger charge is -2.21. The second-order valence-electron chi connectivity index (χ2n) is 5.48. The van der Waals surface area contributed by atoms with Crippen molar-refractivity contribution in [2.24, 2.45) is 0 Å². The fourth-order valence-electron chi connectivity index (χ4n) is 2.55. The molecule has 6 nitrogen and oxygen atoms in total. The Morgan fingerprint density at radius 1 is 1.52 bits per heavy atom. The molecule has 2 aromatic rings. The first-order chi connectivity index (χ1) is 11.0. The summed E-state index contributed by atoms with van der Waals surface area (Å²) in [7, 11) is 0. The van der Waals surface area contributed by atoms with Gasteiger partial charge in [0.1, 0.15) is 11.3 Å². The van der Waals surface area contributed by atoms with Gasteiger partial charge in [-0.3, -0.25) is 0 Å². The first kappa shape index (κ1) is 15.5. The lowest BCUT2D eigenvalue weighted by Crippen LogP contribution is -2.24. The summed E-state index contributed by atoms with van der Waals surface area (Å²) >= 11 is 0. The van der Waals surface area contributed by atoms with Crippen molar-refractivity contribution in [1.82, 2.24) is 14.8 Å². The van der Waals surface area contributed by atoms with Crippen molar-refractivity contribution >= 4 is 5.97 Å². The maximum Gasteiger partial charge on any atom is 0.345 e. The molecule has 0 aromatic carbocycles. The van der Waals surface area contributed by atoms with Gasteiger partial charge in [-0.25, -0.2) is 14.5 Å². The van der Waals surface area contributed by atoms with E-state index in [4.69, 9.17) is 9.47 Å². The van der Waals surface area contributed by atoms with E-state index in [2.05, 4.69) is 10.1 Å². The molecule has 1 atom stereocenters. The quantitative estimate of drug-likeness (QED) is 0.643. The molecule has 0 radical (unpaired) electrons. The first-order valence-corrected chi connectivity index (χ1v) is 7.59. The van der Waals surface area contributed by atoms with Gasteiger partial charge in [-0.1, -0.05) is 0 Å². The number of rotatable bonds is 3. The van der Waals surface area contributed by atoms with Gasteiger partial charge in [0.15, 0.2) is 0 Å². The average molecular weight is 319 g/mol. The van der Waals surface area contributed by atoms with Crippen LogP contribution < -0.4 is 4.74 Å². The number of nitrogens with zero attached hydrogens (tertiary/aromatic N) is 3.